The molecule has 2 heterocycles. The van der Waals surface area contributed by atoms with Crippen LogP contribution in [0, 0.1) is 5.41 Å². The standard InChI is InChI=1S/C33H21Cl2NO3/c34-22-10-6-9-21(18-22)28-29(30(37)19-7-2-1-3-8-19)36-26-15-14-23(35)17-20(26)13-16-27(36)33(28)31(38)24-11-4-5-12-25(24)32(33)39/h1-18,27-29H/t27?,28-,29+/m1/s1. The maximum atomic E-state index is 14.6. The fourth-order valence-electron chi connectivity index (χ4n) is 6.79. The quantitative estimate of drug-likeness (QED) is 0.198. The van der Waals surface area contributed by atoms with E-state index in [0.29, 0.717) is 32.3 Å². The highest BCUT2D eigenvalue weighted by Gasteiger charge is 2.71. The summed E-state index contributed by atoms with van der Waals surface area (Å²) < 4.78 is 0. The van der Waals surface area contributed by atoms with Crippen molar-refractivity contribution >= 4 is 52.3 Å². The van der Waals surface area contributed by atoms with Crippen LogP contribution in [-0.4, -0.2) is 29.4 Å². The van der Waals surface area contributed by atoms with Gasteiger partial charge in [0.15, 0.2) is 17.3 Å². The van der Waals surface area contributed by atoms with E-state index < -0.39 is 23.4 Å². The first-order valence-corrected chi connectivity index (χ1v) is 13.5. The van der Waals surface area contributed by atoms with Crippen LogP contribution < -0.4 is 4.90 Å². The van der Waals surface area contributed by atoms with Gasteiger partial charge in [-0.25, -0.2) is 0 Å². The molecule has 0 saturated carbocycles. The van der Waals surface area contributed by atoms with Crippen molar-refractivity contribution < 1.29 is 14.4 Å². The second-order valence-corrected chi connectivity index (χ2v) is 11.1. The first kappa shape index (κ1) is 24.1. The van der Waals surface area contributed by atoms with Crippen LogP contribution in [0.15, 0.2) is 103 Å². The molecule has 0 bridgehead atoms. The number of rotatable bonds is 3. The number of anilines is 1. The minimum absolute atomic E-state index is 0.171. The molecule has 2 aliphatic heterocycles. The summed E-state index contributed by atoms with van der Waals surface area (Å²) in [6.45, 7) is 0. The Kier molecular flexibility index (Phi) is 5.41. The smallest absolute Gasteiger partial charge is 0.185 e. The molecule has 4 aromatic rings. The van der Waals surface area contributed by atoms with Gasteiger partial charge in [-0.15, -0.1) is 0 Å². The van der Waals surface area contributed by atoms with Crippen molar-refractivity contribution in [2.24, 2.45) is 5.41 Å². The lowest BCUT2D eigenvalue weighted by molar-refractivity contribution is 0.0666. The Hall–Kier alpha value is -3.99. The summed E-state index contributed by atoms with van der Waals surface area (Å²) in [6, 6.07) is 27.1. The lowest BCUT2D eigenvalue weighted by atomic mass is 9.64. The van der Waals surface area contributed by atoms with Crippen molar-refractivity contribution in [1.82, 2.24) is 0 Å². The minimum Gasteiger partial charge on any atom is -0.352 e. The van der Waals surface area contributed by atoms with Gasteiger partial charge < -0.3 is 4.90 Å². The molecule has 1 saturated heterocycles. The van der Waals surface area contributed by atoms with Crippen molar-refractivity contribution in [2.45, 2.75) is 18.0 Å². The van der Waals surface area contributed by atoms with Gasteiger partial charge >= 0.3 is 0 Å². The molecule has 0 radical (unpaired) electrons. The lowest BCUT2D eigenvalue weighted by Gasteiger charge is -2.37. The molecule has 3 aliphatic rings. The minimum atomic E-state index is -1.56. The van der Waals surface area contributed by atoms with Gasteiger partial charge in [0.1, 0.15) is 11.5 Å². The van der Waals surface area contributed by atoms with E-state index in [1.165, 1.54) is 0 Å². The third kappa shape index (κ3) is 3.28. The van der Waals surface area contributed by atoms with Gasteiger partial charge in [-0.2, -0.15) is 0 Å². The van der Waals surface area contributed by atoms with Crippen LogP contribution in [0.5, 0.6) is 0 Å². The number of hydrogen-bond donors (Lipinski definition) is 0. The van der Waals surface area contributed by atoms with Gasteiger partial charge in [-0.3, -0.25) is 14.4 Å². The Labute approximate surface area is 235 Å². The van der Waals surface area contributed by atoms with E-state index in [0.717, 1.165) is 11.3 Å². The van der Waals surface area contributed by atoms with Crippen LogP contribution in [0.4, 0.5) is 5.69 Å². The van der Waals surface area contributed by atoms with Crippen LogP contribution in [0.1, 0.15) is 48.1 Å². The molecule has 1 spiro atoms. The fourth-order valence-corrected chi connectivity index (χ4v) is 7.17. The third-order valence-electron chi connectivity index (χ3n) is 8.30. The summed E-state index contributed by atoms with van der Waals surface area (Å²) in [6.07, 6.45) is 3.79. The van der Waals surface area contributed by atoms with Crippen molar-refractivity contribution in [3.8, 4) is 0 Å². The number of halogens is 2. The van der Waals surface area contributed by atoms with Gasteiger partial charge in [0.2, 0.25) is 0 Å². The van der Waals surface area contributed by atoms with E-state index in [-0.39, 0.29) is 17.3 Å². The predicted octanol–water partition coefficient (Wildman–Crippen LogP) is 7.31. The van der Waals surface area contributed by atoms with Crippen LogP contribution >= 0.6 is 23.2 Å². The zero-order valence-corrected chi connectivity index (χ0v) is 22.1. The number of ketones is 3. The highest BCUT2D eigenvalue weighted by molar-refractivity contribution is 6.33. The monoisotopic (exact) mass is 549 g/mol. The molecule has 1 aliphatic carbocycles. The van der Waals surface area contributed by atoms with Crippen LogP contribution in [0.2, 0.25) is 10.0 Å². The average Bonchev–Trinajstić information content (AvgIpc) is 3.39. The molecular weight excluding hydrogens is 529 g/mol. The molecule has 6 heteroatoms. The van der Waals surface area contributed by atoms with E-state index in [9.17, 15) is 14.4 Å². The molecule has 1 fully saturated rings. The zero-order chi connectivity index (χ0) is 26.9. The summed E-state index contributed by atoms with van der Waals surface area (Å²) in [7, 11) is 0. The summed E-state index contributed by atoms with van der Waals surface area (Å²) in [5.74, 6) is -1.51. The van der Waals surface area contributed by atoms with E-state index in [1.54, 1.807) is 60.7 Å². The average molecular weight is 550 g/mol. The predicted molar refractivity (Wildman–Crippen MR) is 153 cm³/mol. The van der Waals surface area contributed by atoms with Gasteiger partial charge in [-0.05, 0) is 41.5 Å². The molecule has 0 aromatic heterocycles. The normalized spacial score (nSPS) is 22.1. The molecule has 4 aromatic carbocycles. The molecule has 39 heavy (non-hydrogen) atoms. The second-order valence-electron chi connectivity index (χ2n) is 10.2. The Morgan fingerprint density at radius 3 is 2.10 bits per heavy atom. The molecular formula is C33H21Cl2NO3. The van der Waals surface area contributed by atoms with E-state index >= 15 is 0 Å². The Morgan fingerprint density at radius 1 is 0.744 bits per heavy atom. The number of Topliss-reactive ketones (excluding diaryl/α,β-unsaturated/α-hetero) is 3. The van der Waals surface area contributed by atoms with E-state index in [1.807, 2.05) is 53.5 Å². The van der Waals surface area contributed by atoms with Gasteiger partial charge in [0, 0.05) is 38.3 Å². The summed E-state index contributed by atoms with van der Waals surface area (Å²) in [5.41, 5.74) is 1.96. The summed E-state index contributed by atoms with van der Waals surface area (Å²) in [5, 5.41) is 1.03. The highest BCUT2D eigenvalue weighted by atomic mass is 35.5. The molecule has 0 amide bonds. The number of carbonyl (C=O) groups is 3. The first-order chi connectivity index (χ1) is 18.9. The zero-order valence-electron chi connectivity index (χ0n) is 20.6. The largest absolute Gasteiger partial charge is 0.352 e. The Bertz CT molecular complexity index is 1690. The summed E-state index contributed by atoms with van der Waals surface area (Å²) in [4.78, 5) is 45.7. The SMILES string of the molecule is O=C(c1ccccc1)[C@@H]1[C@@H](c2cccc(Cl)c2)C2(C(=O)c3ccccc3C2=O)C2C=Cc3cc(Cl)ccc3N21. The molecule has 4 nitrogen and oxygen atoms in total. The van der Waals surface area contributed by atoms with Crippen LogP contribution in [-0.2, 0) is 0 Å². The van der Waals surface area contributed by atoms with Gasteiger partial charge in [0.05, 0.1) is 6.04 Å². The van der Waals surface area contributed by atoms with Crippen molar-refractivity contribution in [3.63, 3.8) is 0 Å². The summed E-state index contributed by atoms with van der Waals surface area (Å²) >= 11 is 12.8. The van der Waals surface area contributed by atoms with Gasteiger partial charge in [0.25, 0.3) is 0 Å². The molecule has 190 valence electrons. The third-order valence-corrected chi connectivity index (χ3v) is 8.77. The van der Waals surface area contributed by atoms with E-state index in [4.69, 9.17) is 23.2 Å². The molecule has 7 rings (SSSR count). The molecule has 0 N–H and O–H groups in total. The first-order valence-electron chi connectivity index (χ1n) is 12.7. The number of hydrogen-bond acceptors (Lipinski definition) is 4. The number of carbonyl (C=O) groups excluding carboxylic acids is 3. The number of nitrogens with zero attached hydrogens (tertiary/aromatic N) is 1. The molecule has 3 atom stereocenters. The topological polar surface area (TPSA) is 54.5 Å². The second kappa shape index (κ2) is 8.77. The fraction of sp³-hybridized carbons (Fsp3) is 0.121. The van der Waals surface area contributed by atoms with Crippen molar-refractivity contribution in [2.75, 3.05) is 4.90 Å². The number of fused-ring (bicyclic) bond motifs is 5. The van der Waals surface area contributed by atoms with E-state index in [2.05, 4.69) is 0 Å². The van der Waals surface area contributed by atoms with Crippen LogP contribution in [0.3, 0.4) is 0 Å². The Morgan fingerprint density at radius 2 is 1.41 bits per heavy atom. The maximum absolute atomic E-state index is 14.6. The molecule has 1 unspecified atom stereocenters. The van der Waals surface area contributed by atoms with Crippen molar-refractivity contribution in [1.29, 1.82) is 0 Å². The Balaban J connectivity index is 1.56. The van der Waals surface area contributed by atoms with Crippen molar-refractivity contribution in [3.05, 3.63) is 141 Å². The number of benzene rings is 4. The maximum Gasteiger partial charge on any atom is 0.185 e. The lowest BCUT2D eigenvalue weighted by Crippen LogP contribution is -2.48. The van der Waals surface area contributed by atoms with Gasteiger partial charge in [-0.1, -0.05) is 102 Å². The van der Waals surface area contributed by atoms with Crippen LogP contribution in [0.25, 0.3) is 6.08 Å². The highest BCUT2D eigenvalue weighted by Crippen LogP contribution is 2.61.